The lowest BCUT2D eigenvalue weighted by Crippen LogP contribution is -2.01. The summed E-state index contributed by atoms with van der Waals surface area (Å²) in [5, 5.41) is 11.8. The molecule has 0 spiro atoms. The largest absolute Gasteiger partial charge is 0.456 e. The fraction of sp³-hybridized carbons (Fsp3) is 0. The molecule has 4 nitrogen and oxygen atoms in total. The molecule has 0 N–H and O–H groups in total. The van der Waals surface area contributed by atoms with Gasteiger partial charge in [-0.05, 0) is 78.5 Å². The zero-order valence-electron chi connectivity index (χ0n) is 28.5. The molecule has 0 aliphatic rings. The second-order valence-electron chi connectivity index (χ2n) is 13.5. The maximum absolute atomic E-state index is 6.27. The van der Waals surface area contributed by atoms with Crippen molar-refractivity contribution in [3.8, 4) is 45.3 Å². The Kier molecular flexibility index (Phi) is 6.52. The highest BCUT2D eigenvalue weighted by molar-refractivity contribution is 6.20. The van der Waals surface area contributed by atoms with Crippen LogP contribution in [-0.2, 0) is 0 Å². The van der Waals surface area contributed by atoms with E-state index in [0.717, 1.165) is 65.9 Å². The molecule has 0 aliphatic heterocycles. The van der Waals surface area contributed by atoms with E-state index in [1.54, 1.807) is 0 Å². The number of furan rings is 1. The zero-order valence-corrected chi connectivity index (χ0v) is 28.5. The van der Waals surface area contributed by atoms with Crippen molar-refractivity contribution < 1.29 is 4.42 Å². The van der Waals surface area contributed by atoms with Crippen LogP contribution in [0.4, 0.5) is 0 Å². The van der Waals surface area contributed by atoms with Crippen LogP contribution in [-0.4, -0.2) is 15.0 Å². The molecular weight excluding hydrogens is 647 g/mol. The highest BCUT2D eigenvalue weighted by Crippen LogP contribution is 2.42. The number of rotatable bonds is 4. The number of fused-ring (bicyclic) bond motifs is 9. The topological polar surface area (TPSA) is 51.8 Å². The third-order valence-corrected chi connectivity index (χ3v) is 10.5. The average molecular weight is 676 g/mol. The van der Waals surface area contributed by atoms with Gasteiger partial charge in [-0.15, -0.1) is 0 Å². The molecule has 0 bridgehead atoms. The van der Waals surface area contributed by atoms with Crippen LogP contribution in [0.1, 0.15) is 0 Å². The van der Waals surface area contributed by atoms with E-state index in [1.165, 1.54) is 26.9 Å². The molecule has 53 heavy (non-hydrogen) atoms. The van der Waals surface area contributed by atoms with Crippen molar-refractivity contribution in [2.24, 2.45) is 0 Å². The van der Waals surface area contributed by atoms with E-state index in [9.17, 15) is 0 Å². The molecule has 11 rings (SSSR count). The molecule has 0 fully saturated rings. The predicted molar refractivity (Wildman–Crippen MR) is 219 cm³/mol. The van der Waals surface area contributed by atoms with Crippen molar-refractivity contribution in [1.29, 1.82) is 0 Å². The van der Waals surface area contributed by atoms with Crippen LogP contribution < -0.4 is 0 Å². The fourth-order valence-electron chi connectivity index (χ4n) is 8.04. The first-order valence-corrected chi connectivity index (χ1v) is 17.9. The van der Waals surface area contributed by atoms with Crippen LogP contribution in [0.15, 0.2) is 180 Å². The average Bonchev–Trinajstić information content (AvgIpc) is 3.62. The van der Waals surface area contributed by atoms with Gasteiger partial charge in [0.15, 0.2) is 17.5 Å². The van der Waals surface area contributed by atoms with Gasteiger partial charge in [-0.1, -0.05) is 152 Å². The van der Waals surface area contributed by atoms with Gasteiger partial charge in [-0.2, -0.15) is 0 Å². The smallest absolute Gasteiger partial charge is 0.164 e. The number of para-hydroxylation sites is 1. The molecule has 246 valence electrons. The molecule has 4 heteroatoms. The van der Waals surface area contributed by atoms with Crippen molar-refractivity contribution in [3.05, 3.63) is 176 Å². The Morgan fingerprint density at radius 3 is 1.75 bits per heavy atom. The summed E-state index contributed by atoms with van der Waals surface area (Å²) in [5.41, 5.74) is 6.86. The summed E-state index contributed by atoms with van der Waals surface area (Å²) in [6.45, 7) is 0. The minimum atomic E-state index is 0.633. The lowest BCUT2D eigenvalue weighted by atomic mass is 9.92. The first-order chi connectivity index (χ1) is 26.3. The maximum atomic E-state index is 6.27. The molecular formula is C49H29N3O. The van der Waals surface area contributed by atoms with Gasteiger partial charge >= 0.3 is 0 Å². The first-order valence-electron chi connectivity index (χ1n) is 17.9. The van der Waals surface area contributed by atoms with E-state index in [2.05, 4.69) is 140 Å². The third kappa shape index (κ3) is 4.73. The minimum absolute atomic E-state index is 0.633. The molecule has 0 aliphatic carbocycles. The van der Waals surface area contributed by atoms with Crippen LogP contribution in [0.5, 0.6) is 0 Å². The van der Waals surface area contributed by atoms with E-state index in [4.69, 9.17) is 19.4 Å². The Labute approximate surface area is 304 Å². The number of benzene rings is 9. The van der Waals surface area contributed by atoms with Gasteiger partial charge < -0.3 is 4.42 Å². The van der Waals surface area contributed by atoms with Crippen LogP contribution in [0, 0.1) is 0 Å². The predicted octanol–water partition coefficient (Wildman–Crippen LogP) is 13.1. The highest BCUT2D eigenvalue weighted by atomic mass is 16.3. The molecule has 9 aromatic carbocycles. The quantitative estimate of drug-likeness (QED) is 0.174. The minimum Gasteiger partial charge on any atom is -0.456 e. The van der Waals surface area contributed by atoms with Crippen molar-refractivity contribution >= 4 is 65.0 Å². The summed E-state index contributed by atoms with van der Waals surface area (Å²) in [4.78, 5) is 15.4. The van der Waals surface area contributed by atoms with E-state index in [1.807, 2.05) is 36.4 Å². The third-order valence-electron chi connectivity index (χ3n) is 10.5. The molecule has 2 heterocycles. The Morgan fingerprint density at radius 1 is 0.302 bits per heavy atom. The molecule has 0 radical (unpaired) electrons. The number of hydrogen-bond acceptors (Lipinski definition) is 4. The summed E-state index contributed by atoms with van der Waals surface area (Å²) >= 11 is 0. The molecule has 0 saturated heterocycles. The van der Waals surface area contributed by atoms with Gasteiger partial charge in [0.25, 0.3) is 0 Å². The molecule has 0 amide bonds. The molecule has 0 saturated carbocycles. The van der Waals surface area contributed by atoms with E-state index in [-0.39, 0.29) is 0 Å². The van der Waals surface area contributed by atoms with E-state index >= 15 is 0 Å². The molecule has 2 aromatic heterocycles. The summed E-state index contributed by atoms with van der Waals surface area (Å²) in [6, 6.07) is 61.6. The normalized spacial score (nSPS) is 11.8. The Morgan fingerprint density at radius 2 is 0.906 bits per heavy atom. The maximum Gasteiger partial charge on any atom is 0.164 e. The van der Waals surface area contributed by atoms with Crippen LogP contribution >= 0.6 is 0 Å². The van der Waals surface area contributed by atoms with Crippen molar-refractivity contribution in [2.75, 3.05) is 0 Å². The summed E-state index contributed by atoms with van der Waals surface area (Å²) in [7, 11) is 0. The SMILES string of the molecule is c1ccc(-c2nc(-c3ccc4c(ccc5ccc6ccccc6c54)c3)nc(-c3ccc(-c4cccc5oc6ccccc6c45)c4ccccc34)n2)cc1. The zero-order chi connectivity index (χ0) is 34.9. The molecule has 11 aromatic rings. The van der Waals surface area contributed by atoms with Gasteiger partial charge in [-0.3, -0.25) is 0 Å². The standard InChI is InChI=1S/C49H29N3O/c1-2-12-32(13-3-1)47-50-48(34-25-26-36-33(29-34)24-23-31-22-21-30-11-4-5-14-35(30)45(31)36)52-49(51-47)41-28-27-39(37-15-6-7-16-38(37)41)40-18-10-20-44-46(40)42-17-8-9-19-43(42)53-44/h1-29H. The van der Waals surface area contributed by atoms with Gasteiger partial charge in [0.2, 0.25) is 0 Å². The van der Waals surface area contributed by atoms with Gasteiger partial charge in [-0.25, -0.2) is 15.0 Å². The number of nitrogens with zero attached hydrogens (tertiary/aromatic N) is 3. The van der Waals surface area contributed by atoms with Crippen molar-refractivity contribution in [1.82, 2.24) is 15.0 Å². The fourth-order valence-corrected chi connectivity index (χ4v) is 8.04. The summed E-state index contributed by atoms with van der Waals surface area (Å²) in [6.07, 6.45) is 0. The van der Waals surface area contributed by atoms with Gasteiger partial charge in [0, 0.05) is 27.5 Å². The Hall–Kier alpha value is -7.17. The molecule has 0 atom stereocenters. The van der Waals surface area contributed by atoms with E-state index in [0.29, 0.717) is 17.5 Å². The highest BCUT2D eigenvalue weighted by Gasteiger charge is 2.19. The Bertz CT molecular complexity index is 3240. The monoisotopic (exact) mass is 675 g/mol. The Balaban J connectivity index is 1.12. The van der Waals surface area contributed by atoms with Crippen LogP contribution in [0.3, 0.4) is 0 Å². The lowest BCUT2D eigenvalue weighted by molar-refractivity contribution is 0.669. The van der Waals surface area contributed by atoms with Crippen LogP contribution in [0.25, 0.3) is 110 Å². The van der Waals surface area contributed by atoms with Crippen molar-refractivity contribution in [3.63, 3.8) is 0 Å². The second-order valence-corrected chi connectivity index (χ2v) is 13.5. The van der Waals surface area contributed by atoms with Gasteiger partial charge in [0.1, 0.15) is 11.2 Å². The molecule has 0 unspecified atom stereocenters. The lowest BCUT2D eigenvalue weighted by Gasteiger charge is -2.14. The second kappa shape index (κ2) is 11.7. The van der Waals surface area contributed by atoms with E-state index < -0.39 is 0 Å². The van der Waals surface area contributed by atoms with Crippen LogP contribution in [0.2, 0.25) is 0 Å². The number of hydrogen-bond donors (Lipinski definition) is 0. The first kappa shape index (κ1) is 29.5. The number of aromatic nitrogens is 3. The van der Waals surface area contributed by atoms with Crippen molar-refractivity contribution in [2.45, 2.75) is 0 Å². The summed E-state index contributed by atoms with van der Waals surface area (Å²) in [5.74, 6) is 1.91. The van der Waals surface area contributed by atoms with Gasteiger partial charge in [0.05, 0.1) is 0 Å². The summed E-state index contributed by atoms with van der Waals surface area (Å²) < 4.78 is 6.27.